The Morgan fingerprint density at radius 1 is 0.962 bits per heavy atom. The first kappa shape index (κ1) is 17.2. The molecular formula is C21H18ClN3S. The summed E-state index contributed by atoms with van der Waals surface area (Å²) in [7, 11) is 0. The lowest BCUT2D eigenvalue weighted by molar-refractivity contribution is 0.829. The molecule has 0 saturated carbocycles. The normalized spacial score (nSPS) is 12.4. The van der Waals surface area contributed by atoms with Crippen LogP contribution in [-0.2, 0) is 0 Å². The molecule has 0 fully saturated rings. The van der Waals surface area contributed by atoms with Gasteiger partial charge in [-0.2, -0.15) is 0 Å². The van der Waals surface area contributed by atoms with Gasteiger partial charge in [0.25, 0.3) is 0 Å². The highest BCUT2D eigenvalue weighted by Gasteiger charge is 2.16. The summed E-state index contributed by atoms with van der Waals surface area (Å²) in [6, 6.07) is 24.0. The van der Waals surface area contributed by atoms with E-state index in [0.29, 0.717) is 0 Å². The molecule has 2 aromatic heterocycles. The Morgan fingerprint density at radius 2 is 1.69 bits per heavy atom. The molecule has 0 bridgehead atoms. The highest BCUT2D eigenvalue weighted by Crippen LogP contribution is 2.33. The third kappa shape index (κ3) is 3.49. The van der Waals surface area contributed by atoms with E-state index in [-0.39, 0.29) is 6.04 Å². The molecule has 0 aliphatic heterocycles. The van der Waals surface area contributed by atoms with Crippen molar-refractivity contribution < 1.29 is 0 Å². The smallest absolute Gasteiger partial charge is 0.138 e. The van der Waals surface area contributed by atoms with Crippen LogP contribution in [-0.4, -0.2) is 15.1 Å². The summed E-state index contributed by atoms with van der Waals surface area (Å²) in [6.45, 7) is 0. The average Bonchev–Trinajstić information content (AvgIpc) is 3.06. The molecule has 4 rings (SSSR count). The Hall–Kier alpha value is -2.27. The monoisotopic (exact) mass is 379 g/mol. The lowest BCUT2D eigenvalue weighted by atomic mass is 10.1. The van der Waals surface area contributed by atoms with Crippen molar-refractivity contribution in [2.75, 3.05) is 5.75 Å². The number of imidazole rings is 1. The summed E-state index contributed by atoms with van der Waals surface area (Å²) >= 11 is 7.70. The van der Waals surface area contributed by atoms with Gasteiger partial charge >= 0.3 is 0 Å². The molecule has 26 heavy (non-hydrogen) atoms. The summed E-state index contributed by atoms with van der Waals surface area (Å²) < 4.78 is 2.13. The van der Waals surface area contributed by atoms with Crippen LogP contribution in [0.4, 0.5) is 0 Å². The predicted molar refractivity (Wildman–Crippen MR) is 110 cm³/mol. The minimum absolute atomic E-state index is 0.0739. The van der Waals surface area contributed by atoms with Crippen molar-refractivity contribution in [3.8, 4) is 11.3 Å². The molecule has 3 nitrogen and oxygen atoms in total. The molecule has 4 aromatic rings. The highest BCUT2D eigenvalue weighted by molar-refractivity contribution is 7.99. The zero-order chi connectivity index (χ0) is 17.9. The van der Waals surface area contributed by atoms with Gasteiger partial charge in [-0.05, 0) is 29.8 Å². The zero-order valence-corrected chi connectivity index (χ0v) is 15.6. The van der Waals surface area contributed by atoms with Gasteiger partial charge in [0, 0.05) is 28.6 Å². The van der Waals surface area contributed by atoms with E-state index in [9.17, 15) is 0 Å². The highest BCUT2D eigenvalue weighted by atomic mass is 35.5. The van der Waals surface area contributed by atoms with Gasteiger partial charge in [-0.15, -0.1) is 11.8 Å². The Labute approximate surface area is 161 Å². The molecule has 0 aliphatic rings. The van der Waals surface area contributed by atoms with Gasteiger partial charge in [-0.3, -0.25) is 4.40 Å². The summed E-state index contributed by atoms with van der Waals surface area (Å²) in [5, 5.41) is 1.83. The van der Waals surface area contributed by atoms with E-state index in [1.165, 1.54) is 0 Å². The van der Waals surface area contributed by atoms with Crippen LogP contribution in [0.25, 0.3) is 16.9 Å². The van der Waals surface area contributed by atoms with Crippen LogP contribution in [0.3, 0.4) is 0 Å². The van der Waals surface area contributed by atoms with Crippen LogP contribution in [0.2, 0.25) is 5.02 Å². The van der Waals surface area contributed by atoms with E-state index in [4.69, 9.17) is 22.3 Å². The number of nitrogens with zero attached hydrogens (tertiary/aromatic N) is 2. The van der Waals surface area contributed by atoms with Crippen LogP contribution in [0, 0.1) is 0 Å². The van der Waals surface area contributed by atoms with Crippen LogP contribution in [0.5, 0.6) is 0 Å². The van der Waals surface area contributed by atoms with Gasteiger partial charge in [-0.1, -0.05) is 60.1 Å². The van der Waals surface area contributed by atoms with Crippen molar-refractivity contribution in [1.29, 1.82) is 0 Å². The number of nitrogens with two attached hydrogens (primary N) is 1. The molecule has 1 atom stereocenters. The SMILES string of the molecule is NC(CSc1c(-c2ccccc2)nc2ccccn12)c1ccc(Cl)cc1. The van der Waals surface area contributed by atoms with E-state index < -0.39 is 0 Å². The Morgan fingerprint density at radius 3 is 2.46 bits per heavy atom. The maximum Gasteiger partial charge on any atom is 0.138 e. The Bertz CT molecular complexity index is 1010. The quantitative estimate of drug-likeness (QED) is 0.469. The number of thioether (sulfide) groups is 1. The van der Waals surface area contributed by atoms with Crippen molar-refractivity contribution in [3.05, 3.63) is 89.6 Å². The third-order valence-electron chi connectivity index (χ3n) is 4.23. The first-order valence-electron chi connectivity index (χ1n) is 8.39. The summed E-state index contributed by atoms with van der Waals surface area (Å²) in [5.41, 5.74) is 10.5. The molecule has 130 valence electrons. The minimum atomic E-state index is -0.0739. The molecule has 0 spiro atoms. The molecule has 5 heteroatoms. The van der Waals surface area contributed by atoms with Gasteiger partial charge in [0.2, 0.25) is 0 Å². The number of benzene rings is 2. The zero-order valence-electron chi connectivity index (χ0n) is 14.0. The number of fused-ring (bicyclic) bond motifs is 1. The Balaban J connectivity index is 1.66. The molecule has 0 amide bonds. The topological polar surface area (TPSA) is 43.3 Å². The van der Waals surface area contributed by atoms with Crippen molar-refractivity contribution in [3.63, 3.8) is 0 Å². The summed E-state index contributed by atoms with van der Waals surface area (Å²) in [4.78, 5) is 4.83. The largest absolute Gasteiger partial charge is 0.323 e. The fourth-order valence-electron chi connectivity index (χ4n) is 2.87. The number of halogens is 1. The van der Waals surface area contributed by atoms with Crippen LogP contribution in [0.15, 0.2) is 84.0 Å². The lowest BCUT2D eigenvalue weighted by Crippen LogP contribution is -2.13. The summed E-state index contributed by atoms with van der Waals surface area (Å²) in [5.74, 6) is 0.754. The van der Waals surface area contributed by atoms with Gasteiger partial charge in [0.1, 0.15) is 16.4 Å². The van der Waals surface area contributed by atoms with Crippen molar-refractivity contribution in [2.45, 2.75) is 11.1 Å². The van der Waals surface area contributed by atoms with Crippen molar-refractivity contribution in [1.82, 2.24) is 9.38 Å². The number of rotatable bonds is 5. The molecule has 0 saturated heterocycles. The maximum atomic E-state index is 6.40. The van der Waals surface area contributed by atoms with Gasteiger partial charge in [0.15, 0.2) is 0 Å². The van der Waals surface area contributed by atoms with E-state index in [2.05, 4.69) is 16.5 Å². The number of hydrogen-bond donors (Lipinski definition) is 1. The minimum Gasteiger partial charge on any atom is -0.323 e. The summed E-state index contributed by atoms with van der Waals surface area (Å²) in [6.07, 6.45) is 2.05. The number of hydrogen-bond acceptors (Lipinski definition) is 3. The van der Waals surface area contributed by atoms with Crippen LogP contribution >= 0.6 is 23.4 Å². The average molecular weight is 380 g/mol. The molecule has 0 radical (unpaired) electrons. The third-order valence-corrected chi connectivity index (χ3v) is 5.67. The van der Waals surface area contributed by atoms with E-state index in [1.54, 1.807) is 11.8 Å². The van der Waals surface area contributed by atoms with Crippen molar-refractivity contribution >= 4 is 29.0 Å². The second-order valence-corrected chi connectivity index (χ2v) is 7.47. The Kier molecular flexibility index (Phi) is 4.98. The molecule has 2 N–H and O–H groups in total. The lowest BCUT2D eigenvalue weighted by Gasteiger charge is -2.12. The fourth-order valence-corrected chi connectivity index (χ4v) is 4.12. The maximum absolute atomic E-state index is 6.40. The fraction of sp³-hybridized carbons (Fsp3) is 0.0952. The van der Waals surface area contributed by atoms with Crippen LogP contribution < -0.4 is 5.73 Å². The first-order valence-corrected chi connectivity index (χ1v) is 9.75. The first-order chi connectivity index (χ1) is 12.7. The van der Waals surface area contributed by atoms with Gasteiger partial charge in [-0.25, -0.2) is 4.98 Å². The standard InChI is InChI=1S/C21H18ClN3S/c22-17-11-9-15(10-12-17)18(23)14-26-21-20(16-6-2-1-3-7-16)24-19-8-4-5-13-25(19)21/h1-13,18H,14,23H2. The van der Waals surface area contributed by atoms with Crippen molar-refractivity contribution in [2.24, 2.45) is 5.73 Å². The molecule has 0 aliphatic carbocycles. The van der Waals surface area contributed by atoms with Gasteiger partial charge in [0.05, 0.1) is 0 Å². The molecule has 2 heterocycles. The number of aromatic nitrogens is 2. The van der Waals surface area contributed by atoms with Gasteiger partial charge < -0.3 is 5.73 Å². The molecule has 1 unspecified atom stereocenters. The van der Waals surface area contributed by atoms with Crippen LogP contribution in [0.1, 0.15) is 11.6 Å². The van der Waals surface area contributed by atoms with E-state index >= 15 is 0 Å². The predicted octanol–water partition coefficient (Wildman–Crippen LogP) is 5.45. The van der Waals surface area contributed by atoms with E-state index in [0.717, 1.165) is 38.3 Å². The second-order valence-electron chi connectivity index (χ2n) is 6.03. The second kappa shape index (κ2) is 7.54. The molecular weight excluding hydrogens is 362 g/mol. The molecule has 2 aromatic carbocycles. The number of pyridine rings is 1. The van der Waals surface area contributed by atoms with E-state index in [1.807, 2.05) is 66.9 Å².